The Bertz CT molecular complexity index is 562. The Morgan fingerprint density at radius 1 is 1.42 bits per heavy atom. The molecule has 2 rings (SSSR count). The van der Waals surface area contributed by atoms with Crippen LogP contribution in [0.2, 0.25) is 0 Å². The minimum absolute atomic E-state index is 0.0381. The topological polar surface area (TPSA) is 77.6 Å². The Balaban J connectivity index is 1.67. The van der Waals surface area contributed by atoms with Crippen molar-refractivity contribution >= 4 is 23.3 Å². The molecule has 7 nitrogen and oxygen atoms in total. The molecule has 0 unspecified atom stereocenters. The molecule has 1 aromatic rings. The van der Waals surface area contributed by atoms with Crippen LogP contribution in [-0.2, 0) is 11.3 Å². The summed E-state index contributed by atoms with van der Waals surface area (Å²) in [6.45, 7) is 7.92. The van der Waals surface area contributed by atoms with Gasteiger partial charge in [-0.2, -0.15) is 0 Å². The molecule has 0 radical (unpaired) electrons. The van der Waals surface area contributed by atoms with E-state index in [4.69, 9.17) is 0 Å². The lowest BCUT2D eigenvalue weighted by molar-refractivity contribution is -0.118. The number of nitrogens with zero attached hydrogens (tertiary/aromatic N) is 3. The number of rotatable bonds is 7. The Hall–Kier alpha value is -1.67. The zero-order chi connectivity index (χ0) is 17.5. The first kappa shape index (κ1) is 18.7. The second kappa shape index (κ2) is 8.98. The van der Waals surface area contributed by atoms with Gasteiger partial charge in [0.05, 0.1) is 11.2 Å². The van der Waals surface area contributed by atoms with E-state index in [0.29, 0.717) is 19.0 Å². The van der Waals surface area contributed by atoms with Crippen molar-refractivity contribution in [1.29, 1.82) is 0 Å². The highest BCUT2D eigenvalue weighted by Gasteiger charge is 2.26. The van der Waals surface area contributed by atoms with E-state index >= 15 is 0 Å². The van der Waals surface area contributed by atoms with Gasteiger partial charge >= 0.3 is 6.03 Å². The average Bonchev–Trinajstić information content (AvgIpc) is 3.13. The van der Waals surface area contributed by atoms with Gasteiger partial charge in [0.25, 0.3) is 0 Å². The van der Waals surface area contributed by atoms with Crippen molar-refractivity contribution in [3.63, 3.8) is 0 Å². The molecular formula is C16H27N5O2S. The van der Waals surface area contributed by atoms with Gasteiger partial charge in [0.15, 0.2) is 0 Å². The molecule has 2 heterocycles. The third-order valence-electron chi connectivity index (χ3n) is 4.18. The monoisotopic (exact) mass is 353 g/mol. The van der Waals surface area contributed by atoms with E-state index in [1.807, 2.05) is 17.3 Å². The molecule has 1 saturated heterocycles. The van der Waals surface area contributed by atoms with Crippen LogP contribution in [0.15, 0.2) is 5.51 Å². The molecule has 1 aromatic heterocycles. The zero-order valence-corrected chi connectivity index (χ0v) is 15.5. The Morgan fingerprint density at radius 2 is 2.17 bits per heavy atom. The fourth-order valence-corrected chi connectivity index (χ4v) is 3.77. The molecule has 1 atom stereocenters. The van der Waals surface area contributed by atoms with E-state index < -0.39 is 0 Å². The van der Waals surface area contributed by atoms with Gasteiger partial charge in [0.1, 0.15) is 0 Å². The minimum atomic E-state index is -0.0790. The van der Waals surface area contributed by atoms with Crippen LogP contribution in [0, 0.1) is 12.8 Å². The molecule has 1 aliphatic rings. The molecule has 8 heteroatoms. The highest BCUT2D eigenvalue weighted by Crippen LogP contribution is 2.19. The molecule has 3 amide bonds. The average molecular weight is 353 g/mol. The second-order valence-corrected chi connectivity index (χ2v) is 7.31. The molecule has 0 bridgehead atoms. The smallest absolute Gasteiger partial charge is 0.317 e. The number of urea groups is 1. The summed E-state index contributed by atoms with van der Waals surface area (Å²) in [6.07, 6.45) is 1.03. The Morgan fingerprint density at radius 3 is 2.83 bits per heavy atom. The number of thiazole rings is 1. The van der Waals surface area contributed by atoms with Gasteiger partial charge in [-0.3, -0.25) is 4.79 Å². The predicted octanol–water partition coefficient (Wildman–Crippen LogP) is 1.05. The highest BCUT2D eigenvalue weighted by molar-refractivity contribution is 7.09. The van der Waals surface area contributed by atoms with Crippen molar-refractivity contribution < 1.29 is 9.59 Å². The summed E-state index contributed by atoms with van der Waals surface area (Å²) in [7, 11) is 2.12. The summed E-state index contributed by atoms with van der Waals surface area (Å²) >= 11 is 1.70. The number of aromatic nitrogens is 1. The number of carbonyl (C=O) groups excluding carboxylic acids is 2. The zero-order valence-electron chi connectivity index (χ0n) is 14.7. The molecule has 1 aliphatic heterocycles. The van der Waals surface area contributed by atoms with E-state index in [0.717, 1.165) is 38.3 Å². The van der Waals surface area contributed by atoms with Crippen molar-refractivity contribution in [3.05, 3.63) is 16.1 Å². The van der Waals surface area contributed by atoms with Crippen molar-refractivity contribution in [1.82, 2.24) is 25.4 Å². The number of hydrogen-bond donors (Lipinski definition) is 2. The number of aryl methyl sites for hydroxylation is 1. The number of amides is 3. The van der Waals surface area contributed by atoms with E-state index in [1.165, 1.54) is 11.8 Å². The van der Waals surface area contributed by atoms with Crippen molar-refractivity contribution in [3.8, 4) is 0 Å². The first-order valence-electron chi connectivity index (χ1n) is 8.30. The number of carbonyl (C=O) groups is 2. The molecule has 0 saturated carbocycles. The Labute approximate surface area is 147 Å². The summed E-state index contributed by atoms with van der Waals surface area (Å²) in [5, 5.41) is 5.52. The molecule has 134 valence electrons. The minimum Gasteiger partial charge on any atom is -0.355 e. The quantitative estimate of drug-likeness (QED) is 0.719. The number of hydrogen-bond acceptors (Lipinski definition) is 5. The lowest BCUT2D eigenvalue weighted by Crippen LogP contribution is -2.42. The van der Waals surface area contributed by atoms with Gasteiger partial charge in [-0.1, -0.05) is 0 Å². The lowest BCUT2D eigenvalue weighted by Gasteiger charge is -2.21. The largest absolute Gasteiger partial charge is 0.355 e. The van der Waals surface area contributed by atoms with Crippen molar-refractivity contribution in [2.24, 2.45) is 5.92 Å². The number of nitrogens with one attached hydrogen (secondary N) is 2. The second-order valence-electron chi connectivity index (χ2n) is 6.37. The summed E-state index contributed by atoms with van der Waals surface area (Å²) in [5.41, 5.74) is 3.00. The fraction of sp³-hybridized carbons (Fsp3) is 0.688. The van der Waals surface area contributed by atoms with Crippen LogP contribution in [0.5, 0.6) is 0 Å². The lowest BCUT2D eigenvalue weighted by atomic mass is 10.1. The molecule has 1 fully saturated rings. The summed E-state index contributed by atoms with van der Waals surface area (Å²) in [5.74, 6) is 0.425. The normalized spacial score (nSPS) is 17.3. The van der Waals surface area contributed by atoms with Crippen LogP contribution in [0.3, 0.4) is 0 Å². The molecule has 24 heavy (non-hydrogen) atoms. The van der Waals surface area contributed by atoms with Crippen LogP contribution in [0.1, 0.15) is 23.9 Å². The molecule has 0 aromatic carbocycles. The van der Waals surface area contributed by atoms with E-state index in [1.54, 1.807) is 11.3 Å². The SMILES string of the molecule is CC(=O)NCCNC(=O)N1CC[C@@H](CN(C)Cc2scnc2C)C1. The van der Waals surface area contributed by atoms with E-state index in [-0.39, 0.29) is 11.9 Å². The van der Waals surface area contributed by atoms with E-state index in [2.05, 4.69) is 27.6 Å². The van der Waals surface area contributed by atoms with E-state index in [9.17, 15) is 9.59 Å². The molecule has 2 N–H and O–H groups in total. The predicted molar refractivity (Wildman–Crippen MR) is 94.9 cm³/mol. The summed E-state index contributed by atoms with van der Waals surface area (Å²) in [6, 6.07) is -0.0381. The van der Waals surface area contributed by atoms with Crippen LogP contribution < -0.4 is 10.6 Å². The molecular weight excluding hydrogens is 326 g/mol. The maximum atomic E-state index is 12.1. The third-order valence-corrected chi connectivity index (χ3v) is 5.10. The maximum absolute atomic E-state index is 12.1. The summed E-state index contributed by atoms with van der Waals surface area (Å²) < 4.78 is 0. The number of likely N-dealkylation sites (tertiary alicyclic amines) is 1. The van der Waals surface area contributed by atoms with Crippen LogP contribution in [0.25, 0.3) is 0 Å². The third kappa shape index (κ3) is 5.76. The van der Waals surface area contributed by atoms with Crippen LogP contribution in [-0.4, -0.2) is 66.5 Å². The fourth-order valence-electron chi connectivity index (χ4n) is 2.91. The highest BCUT2D eigenvalue weighted by atomic mass is 32.1. The first-order valence-corrected chi connectivity index (χ1v) is 9.18. The van der Waals surface area contributed by atoms with Gasteiger partial charge in [-0.05, 0) is 26.3 Å². The van der Waals surface area contributed by atoms with Crippen molar-refractivity contribution in [2.75, 3.05) is 39.8 Å². The van der Waals surface area contributed by atoms with Gasteiger partial charge in [0, 0.05) is 51.1 Å². The van der Waals surface area contributed by atoms with Gasteiger partial charge in [-0.15, -0.1) is 11.3 Å². The molecule has 0 spiro atoms. The standard InChI is InChI=1S/C16H27N5O2S/c1-12-15(24-11-19-12)10-20(3)8-14-4-7-21(9-14)16(23)18-6-5-17-13(2)22/h11,14H,4-10H2,1-3H3,(H,17,22)(H,18,23)/t14-/m0/s1. The van der Waals surface area contributed by atoms with Gasteiger partial charge in [0.2, 0.25) is 5.91 Å². The Kier molecular flexibility index (Phi) is 6.99. The van der Waals surface area contributed by atoms with Crippen LogP contribution in [0.4, 0.5) is 4.79 Å². The molecule has 0 aliphatic carbocycles. The van der Waals surface area contributed by atoms with Gasteiger partial charge < -0.3 is 20.4 Å². The summed E-state index contributed by atoms with van der Waals surface area (Å²) in [4.78, 5) is 32.7. The van der Waals surface area contributed by atoms with Gasteiger partial charge in [-0.25, -0.2) is 9.78 Å². The maximum Gasteiger partial charge on any atom is 0.317 e. The van der Waals surface area contributed by atoms with Crippen molar-refractivity contribution in [2.45, 2.75) is 26.8 Å². The van der Waals surface area contributed by atoms with Crippen LogP contribution >= 0.6 is 11.3 Å². The first-order chi connectivity index (χ1) is 11.5.